The quantitative estimate of drug-likeness (QED) is 0.777. The average Bonchev–Trinajstić information content (AvgIpc) is 2.93. The first-order valence-corrected chi connectivity index (χ1v) is 8.50. The van der Waals surface area contributed by atoms with Crippen molar-refractivity contribution in [1.29, 1.82) is 0 Å². The zero-order valence-corrected chi connectivity index (χ0v) is 12.8. The van der Waals surface area contributed by atoms with E-state index < -0.39 is 10.0 Å². The molecule has 3 aromatic rings. The summed E-state index contributed by atoms with van der Waals surface area (Å²) in [5.74, 6) is 0.563. The first kappa shape index (κ1) is 14.5. The van der Waals surface area contributed by atoms with Crippen LogP contribution in [0.4, 0.5) is 5.69 Å². The van der Waals surface area contributed by atoms with Gasteiger partial charge in [0, 0.05) is 24.2 Å². The number of anilines is 1. The Morgan fingerprint density at radius 3 is 2.86 bits per heavy atom. The fraction of sp³-hybridized carbons (Fsp3) is 0.214. The van der Waals surface area contributed by atoms with Crippen molar-refractivity contribution in [3.8, 4) is 11.4 Å². The second-order valence-corrected chi connectivity index (χ2v) is 6.63. The molecule has 0 saturated carbocycles. The number of pyridine rings is 2. The molecule has 22 heavy (non-hydrogen) atoms. The molecule has 0 saturated heterocycles. The summed E-state index contributed by atoms with van der Waals surface area (Å²) in [5.41, 5.74) is 1.65. The largest absolute Gasteiger partial charge is 0.280 e. The summed E-state index contributed by atoms with van der Waals surface area (Å²) in [4.78, 5) is 8.45. The highest BCUT2D eigenvalue weighted by atomic mass is 32.2. The standard InChI is InChI=1S/C14H15N5O2S/c1-2-9-22(20,21)18-12-6-4-8-19-14(12)16-13(17-19)11-5-3-7-15-10-11/h3-8,10,18H,2,9H2,1H3. The molecule has 0 fully saturated rings. The number of fused-ring (bicyclic) bond motifs is 1. The number of rotatable bonds is 5. The minimum atomic E-state index is -3.37. The van der Waals surface area contributed by atoms with E-state index in [0.29, 0.717) is 23.6 Å². The molecule has 0 aromatic carbocycles. The Bertz CT molecular complexity index is 890. The maximum Gasteiger partial charge on any atom is 0.232 e. The van der Waals surface area contributed by atoms with Gasteiger partial charge in [-0.2, -0.15) is 0 Å². The van der Waals surface area contributed by atoms with Crippen molar-refractivity contribution in [3.63, 3.8) is 0 Å². The van der Waals surface area contributed by atoms with Crippen LogP contribution in [0, 0.1) is 0 Å². The Morgan fingerprint density at radius 2 is 2.14 bits per heavy atom. The molecule has 114 valence electrons. The van der Waals surface area contributed by atoms with Crippen molar-refractivity contribution >= 4 is 21.4 Å². The molecule has 1 N–H and O–H groups in total. The van der Waals surface area contributed by atoms with E-state index in [2.05, 4.69) is 19.8 Å². The van der Waals surface area contributed by atoms with E-state index in [0.717, 1.165) is 5.56 Å². The summed E-state index contributed by atoms with van der Waals surface area (Å²) >= 11 is 0. The third-order valence-corrected chi connectivity index (χ3v) is 4.50. The number of hydrogen-bond donors (Lipinski definition) is 1. The van der Waals surface area contributed by atoms with E-state index in [4.69, 9.17) is 0 Å². The van der Waals surface area contributed by atoms with E-state index >= 15 is 0 Å². The first-order chi connectivity index (χ1) is 10.6. The van der Waals surface area contributed by atoms with Crippen LogP contribution in [-0.4, -0.2) is 33.8 Å². The van der Waals surface area contributed by atoms with E-state index in [9.17, 15) is 8.42 Å². The first-order valence-electron chi connectivity index (χ1n) is 6.85. The minimum Gasteiger partial charge on any atom is -0.280 e. The van der Waals surface area contributed by atoms with Crippen molar-refractivity contribution < 1.29 is 8.42 Å². The normalized spacial score (nSPS) is 11.7. The highest BCUT2D eigenvalue weighted by Crippen LogP contribution is 2.20. The topological polar surface area (TPSA) is 89.2 Å². The average molecular weight is 317 g/mol. The summed E-state index contributed by atoms with van der Waals surface area (Å²) in [6.45, 7) is 1.82. The van der Waals surface area contributed by atoms with Crippen LogP contribution in [0.15, 0.2) is 42.9 Å². The zero-order valence-electron chi connectivity index (χ0n) is 12.0. The Morgan fingerprint density at radius 1 is 1.27 bits per heavy atom. The monoisotopic (exact) mass is 317 g/mol. The summed E-state index contributed by atoms with van der Waals surface area (Å²) in [6, 6.07) is 7.04. The highest BCUT2D eigenvalue weighted by Gasteiger charge is 2.14. The Balaban J connectivity index is 2.04. The molecule has 0 aliphatic carbocycles. The molecule has 0 aliphatic heterocycles. The predicted octanol–water partition coefficient (Wildman–Crippen LogP) is 1.94. The van der Waals surface area contributed by atoms with Gasteiger partial charge in [0.2, 0.25) is 10.0 Å². The van der Waals surface area contributed by atoms with Crippen molar-refractivity contribution in [3.05, 3.63) is 42.9 Å². The van der Waals surface area contributed by atoms with Crippen LogP contribution in [0.5, 0.6) is 0 Å². The third kappa shape index (κ3) is 2.91. The van der Waals surface area contributed by atoms with Gasteiger partial charge in [0.1, 0.15) is 0 Å². The van der Waals surface area contributed by atoms with Gasteiger partial charge in [-0.15, -0.1) is 5.10 Å². The van der Waals surface area contributed by atoms with E-state index in [1.165, 1.54) is 0 Å². The van der Waals surface area contributed by atoms with Crippen LogP contribution in [0.25, 0.3) is 17.0 Å². The lowest BCUT2D eigenvalue weighted by Gasteiger charge is -2.07. The number of sulfonamides is 1. The molecular weight excluding hydrogens is 302 g/mol. The Kier molecular flexibility index (Phi) is 3.76. The van der Waals surface area contributed by atoms with Crippen molar-refractivity contribution in [2.45, 2.75) is 13.3 Å². The van der Waals surface area contributed by atoms with Crippen molar-refractivity contribution in [2.75, 3.05) is 10.5 Å². The van der Waals surface area contributed by atoms with Crippen molar-refractivity contribution in [2.24, 2.45) is 0 Å². The summed E-state index contributed by atoms with van der Waals surface area (Å²) in [7, 11) is -3.37. The number of nitrogens with one attached hydrogen (secondary N) is 1. The molecule has 3 aromatic heterocycles. The van der Waals surface area contributed by atoms with Gasteiger partial charge in [-0.3, -0.25) is 9.71 Å². The highest BCUT2D eigenvalue weighted by molar-refractivity contribution is 7.92. The third-order valence-electron chi connectivity index (χ3n) is 3.02. The van der Waals surface area contributed by atoms with Gasteiger partial charge in [-0.25, -0.2) is 17.9 Å². The SMILES string of the molecule is CCCS(=O)(=O)Nc1cccn2nc(-c3cccnc3)nc12. The fourth-order valence-electron chi connectivity index (χ4n) is 2.09. The zero-order chi connectivity index (χ0) is 15.6. The van der Waals surface area contributed by atoms with Crippen molar-refractivity contribution in [1.82, 2.24) is 19.6 Å². The molecule has 0 aliphatic rings. The Hall–Kier alpha value is -2.48. The van der Waals surface area contributed by atoms with E-state index in [1.54, 1.807) is 41.3 Å². The van der Waals surface area contributed by atoms with Gasteiger partial charge < -0.3 is 0 Å². The molecule has 0 bridgehead atoms. The summed E-state index contributed by atoms with van der Waals surface area (Å²) in [5, 5.41) is 4.35. The van der Waals surface area contributed by atoms with E-state index in [1.807, 2.05) is 13.0 Å². The van der Waals surface area contributed by atoms with Gasteiger partial charge >= 0.3 is 0 Å². The molecule has 3 rings (SSSR count). The smallest absolute Gasteiger partial charge is 0.232 e. The second-order valence-electron chi connectivity index (χ2n) is 4.79. The molecule has 0 unspecified atom stereocenters. The van der Waals surface area contributed by atoms with E-state index in [-0.39, 0.29) is 5.75 Å². The fourth-order valence-corrected chi connectivity index (χ4v) is 3.22. The van der Waals surface area contributed by atoms with Crippen LogP contribution in [0.3, 0.4) is 0 Å². The lowest BCUT2D eigenvalue weighted by molar-refractivity contribution is 0.600. The number of hydrogen-bond acceptors (Lipinski definition) is 5. The maximum absolute atomic E-state index is 11.9. The molecule has 0 amide bonds. The molecule has 7 nitrogen and oxygen atoms in total. The molecule has 3 heterocycles. The Labute approximate surface area is 128 Å². The van der Waals surface area contributed by atoms with Crippen LogP contribution in [0.1, 0.15) is 13.3 Å². The molecule has 0 spiro atoms. The van der Waals surface area contributed by atoms with Crippen LogP contribution >= 0.6 is 0 Å². The van der Waals surface area contributed by atoms with Gasteiger partial charge in [0.05, 0.1) is 11.4 Å². The number of aromatic nitrogens is 4. The lowest BCUT2D eigenvalue weighted by Crippen LogP contribution is -2.16. The van der Waals surface area contributed by atoms with Gasteiger partial charge in [0.15, 0.2) is 11.5 Å². The number of nitrogens with zero attached hydrogens (tertiary/aromatic N) is 4. The van der Waals surface area contributed by atoms with Gasteiger partial charge in [-0.1, -0.05) is 6.92 Å². The maximum atomic E-state index is 11.9. The van der Waals surface area contributed by atoms with Crippen LogP contribution in [-0.2, 0) is 10.0 Å². The predicted molar refractivity (Wildman–Crippen MR) is 83.9 cm³/mol. The minimum absolute atomic E-state index is 0.0671. The lowest BCUT2D eigenvalue weighted by atomic mass is 10.3. The molecule has 8 heteroatoms. The van der Waals surface area contributed by atoms with Gasteiger partial charge in [0.25, 0.3) is 0 Å². The second kappa shape index (κ2) is 5.72. The van der Waals surface area contributed by atoms with Crippen LogP contribution in [0.2, 0.25) is 0 Å². The molecule has 0 radical (unpaired) electrons. The molecule has 0 atom stereocenters. The summed E-state index contributed by atoms with van der Waals surface area (Å²) in [6.07, 6.45) is 5.60. The van der Waals surface area contributed by atoms with Crippen LogP contribution < -0.4 is 4.72 Å². The van der Waals surface area contributed by atoms with Gasteiger partial charge in [-0.05, 0) is 30.7 Å². The summed E-state index contributed by atoms with van der Waals surface area (Å²) < 4.78 is 28.0. The molecular formula is C14H15N5O2S.